The first kappa shape index (κ1) is 24.2. The molecule has 182 valence electrons. The molecule has 0 aliphatic carbocycles. The van der Waals surface area contributed by atoms with E-state index >= 15 is 0 Å². The number of carbonyl (C=O) groups excluding carboxylic acids is 1. The van der Waals surface area contributed by atoms with Gasteiger partial charge < -0.3 is 15.0 Å². The van der Waals surface area contributed by atoms with Crippen molar-refractivity contribution in [2.45, 2.75) is 45.8 Å². The number of pyridine rings is 1. The minimum absolute atomic E-state index is 0.0350. The number of nitrogens with one attached hydrogen (secondary N) is 1. The Bertz CT molecular complexity index is 1190. The van der Waals surface area contributed by atoms with E-state index in [4.69, 9.17) is 4.74 Å². The molecule has 3 aromatic rings. The number of benzene rings is 2. The molecule has 1 N–H and O–H groups in total. The van der Waals surface area contributed by atoms with E-state index in [2.05, 4.69) is 10.3 Å². The first-order chi connectivity index (χ1) is 16.8. The van der Waals surface area contributed by atoms with E-state index in [1.807, 2.05) is 57.2 Å². The Labute approximate surface area is 205 Å². The molecule has 1 fully saturated rings. The summed E-state index contributed by atoms with van der Waals surface area (Å²) in [6, 6.07) is 16.0. The van der Waals surface area contributed by atoms with E-state index in [-0.39, 0.29) is 23.7 Å². The number of hydrogen-bond acceptors (Lipinski definition) is 6. The number of aromatic nitrogens is 1. The molecule has 1 aliphatic heterocycles. The van der Waals surface area contributed by atoms with E-state index in [1.165, 1.54) is 6.07 Å². The number of para-hydroxylation sites is 1. The van der Waals surface area contributed by atoms with E-state index in [0.29, 0.717) is 37.2 Å². The highest BCUT2D eigenvalue weighted by Gasteiger charge is 2.27. The molecule has 1 saturated heterocycles. The summed E-state index contributed by atoms with van der Waals surface area (Å²) < 4.78 is 6.25. The quantitative estimate of drug-likeness (QED) is 0.361. The molecule has 2 heterocycles. The zero-order chi connectivity index (χ0) is 24.9. The van der Waals surface area contributed by atoms with Crippen LogP contribution in [0.4, 0.5) is 11.4 Å². The molecule has 1 aliphatic rings. The number of likely N-dealkylation sites (tertiary alicyclic amines) is 1. The lowest BCUT2D eigenvalue weighted by atomic mass is 10.0. The van der Waals surface area contributed by atoms with Crippen molar-refractivity contribution in [3.63, 3.8) is 0 Å². The van der Waals surface area contributed by atoms with Crippen molar-refractivity contribution in [3.8, 4) is 5.75 Å². The van der Waals surface area contributed by atoms with Gasteiger partial charge in [0.1, 0.15) is 17.5 Å². The van der Waals surface area contributed by atoms with Gasteiger partial charge in [0.05, 0.1) is 16.7 Å². The number of nitro groups is 1. The average Bonchev–Trinajstić information content (AvgIpc) is 2.87. The van der Waals surface area contributed by atoms with Crippen LogP contribution in [0.1, 0.15) is 53.0 Å². The third-order valence-corrected chi connectivity index (χ3v) is 6.37. The Morgan fingerprint density at radius 3 is 2.46 bits per heavy atom. The number of carbonyl (C=O) groups is 1. The molecule has 0 spiro atoms. The van der Waals surface area contributed by atoms with Gasteiger partial charge in [0.25, 0.3) is 11.6 Å². The number of nitrogens with zero attached hydrogens (tertiary/aromatic N) is 3. The number of aryl methyl sites for hydroxylation is 2. The summed E-state index contributed by atoms with van der Waals surface area (Å²) in [5.74, 6) is 0.707. The SMILES string of the molecule is Cc1cccc(C)c1OC1CCN(C(=O)c2ccc(NC(C)c3ccccn3)c([N+](=O)[O-])c2)CC1. The van der Waals surface area contributed by atoms with E-state index in [1.54, 1.807) is 23.2 Å². The Hall–Kier alpha value is -3.94. The zero-order valence-electron chi connectivity index (χ0n) is 20.2. The third kappa shape index (κ3) is 5.59. The predicted octanol–water partition coefficient (Wildman–Crippen LogP) is 5.46. The highest BCUT2D eigenvalue weighted by atomic mass is 16.6. The molecule has 1 aromatic heterocycles. The molecule has 0 saturated carbocycles. The van der Waals surface area contributed by atoms with Crippen LogP contribution < -0.4 is 10.1 Å². The van der Waals surface area contributed by atoms with Gasteiger partial charge in [0.15, 0.2) is 0 Å². The van der Waals surface area contributed by atoms with Crippen LogP contribution in [0.15, 0.2) is 60.8 Å². The van der Waals surface area contributed by atoms with Gasteiger partial charge in [-0.1, -0.05) is 24.3 Å². The van der Waals surface area contributed by atoms with Crippen LogP contribution in [0, 0.1) is 24.0 Å². The molecule has 1 atom stereocenters. The lowest BCUT2D eigenvalue weighted by Crippen LogP contribution is -2.41. The van der Waals surface area contributed by atoms with Crippen molar-refractivity contribution < 1.29 is 14.5 Å². The van der Waals surface area contributed by atoms with Gasteiger partial charge >= 0.3 is 0 Å². The zero-order valence-corrected chi connectivity index (χ0v) is 20.2. The Kier molecular flexibility index (Phi) is 7.29. The third-order valence-electron chi connectivity index (χ3n) is 6.37. The number of amides is 1. The van der Waals surface area contributed by atoms with Gasteiger partial charge in [-0.3, -0.25) is 19.9 Å². The molecular weight excluding hydrogens is 444 g/mol. The number of nitro benzene ring substituents is 1. The van der Waals surface area contributed by atoms with Gasteiger partial charge in [0.2, 0.25) is 0 Å². The van der Waals surface area contributed by atoms with Crippen LogP contribution in [0.25, 0.3) is 0 Å². The van der Waals surface area contributed by atoms with Crippen LogP contribution in [-0.4, -0.2) is 39.9 Å². The topological polar surface area (TPSA) is 97.6 Å². The minimum atomic E-state index is -0.463. The number of ether oxygens (including phenoxy) is 1. The summed E-state index contributed by atoms with van der Waals surface area (Å²) in [6.07, 6.45) is 3.14. The van der Waals surface area contributed by atoms with Crippen molar-refractivity contribution in [2.24, 2.45) is 0 Å². The molecule has 0 bridgehead atoms. The Balaban J connectivity index is 1.42. The molecule has 0 radical (unpaired) electrons. The van der Waals surface area contributed by atoms with Crippen molar-refractivity contribution in [1.29, 1.82) is 0 Å². The summed E-state index contributed by atoms with van der Waals surface area (Å²) in [4.78, 5) is 30.5. The minimum Gasteiger partial charge on any atom is -0.490 e. The first-order valence-electron chi connectivity index (χ1n) is 11.8. The van der Waals surface area contributed by atoms with E-state index in [9.17, 15) is 14.9 Å². The van der Waals surface area contributed by atoms with Crippen LogP contribution in [0.2, 0.25) is 0 Å². The Morgan fingerprint density at radius 1 is 1.11 bits per heavy atom. The van der Waals surface area contributed by atoms with Crippen molar-refractivity contribution in [3.05, 3.63) is 93.3 Å². The number of anilines is 1. The fourth-order valence-electron chi connectivity index (χ4n) is 4.39. The number of piperidine rings is 1. The van der Waals surface area contributed by atoms with Crippen molar-refractivity contribution in [1.82, 2.24) is 9.88 Å². The maximum atomic E-state index is 13.1. The van der Waals surface area contributed by atoms with Gasteiger partial charge in [0, 0.05) is 43.8 Å². The second-order valence-electron chi connectivity index (χ2n) is 8.94. The van der Waals surface area contributed by atoms with Crippen LogP contribution in [-0.2, 0) is 0 Å². The lowest BCUT2D eigenvalue weighted by molar-refractivity contribution is -0.384. The van der Waals surface area contributed by atoms with Crippen LogP contribution >= 0.6 is 0 Å². The normalized spacial score (nSPS) is 14.9. The summed E-state index contributed by atoms with van der Waals surface area (Å²) in [6.45, 7) is 7.03. The van der Waals surface area contributed by atoms with Crippen molar-refractivity contribution in [2.75, 3.05) is 18.4 Å². The summed E-state index contributed by atoms with van der Waals surface area (Å²) in [5.41, 5.74) is 3.50. The standard InChI is InChI=1S/C27H30N4O4/c1-18-7-6-8-19(2)26(18)35-22-12-15-30(16-13-22)27(32)21-10-11-24(25(17-21)31(33)34)29-20(3)23-9-4-5-14-28-23/h4-11,14,17,20,22,29H,12-13,15-16H2,1-3H3. The first-order valence-corrected chi connectivity index (χ1v) is 11.8. The molecule has 8 nitrogen and oxygen atoms in total. The van der Waals surface area contributed by atoms with E-state index < -0.39 is 4.92 Å². The summed E-state index contributed by atoms with van der Waals surface area (Å²) >= 11 is 0. The van der Waals surface area contributed by atoms with Crippen LogP contribution in [0.5, 0.6) is 5.75 Å². The predicted molar refractivity (Wildman–Crippen MR) is 135 cm³/mol. The molecule has 8 heteroatoms. The van der Waals surface area contributed by atoms with Gasteiger partial charge in [-0.15, -0.1) is 0 Å². The molecular formula is C27H30N4O4. The fraction of sp³-hybridized carbons (Fsp3) is 0.333. The van der Waals surface area contributed by atoms with E-state index in [0.717, 1.165) is 22.6 Å². The van der Waals surface area contributed by atoms with Gasteiger partial charge in [-0.25, -0.2) is 0 Å². The number of rotatable bonds is 7. The van der Waals surface area contributed by atoms with Gasteiger partial charge in [-0.05, 0) is 56.2 Å². The smallest absolute Gasteiger partial charge is 0.293 e. The molecule has 4 rings (SSSR count). The molecule has 1 amide bonds. The second-order valence-corrected chi connectivity index (χ2v) is 8.94. The average molecular weight is 475 g/mol. The summed E-state index contributed by atoms with van der Waals surface area (Å²) in [7, 11) is 0. The van der Waals surface area contributed by atoms with Crippen molar-refractivity contribution >= 4 is 17.3 Å². The Morgan fingerprint density at radius 2 is 1.83 bits per heavy atom. The molecule has 35 heavy (non-hydrogen) atoms. The fourth-order valence-corrected chi connectivity index (χ4v) is 4.39. The molecule has 1 unspecified atom stereocenters. The number of hydrogen-bond donors (Lipinski definition) is 1. The largest absolute Gasteiger partial charge is 0.490 e. The maximum Gasteiger partial charge on any atom is 0.293 e. The highest BCUT2D eigenvalue weighted by Crippen LogP contribution is 2.30. The second kappa shape index (κ2) is 10.5. The lowest BCUT2D eigenvalue weighted by Gasteiger charge is -2.33. The molecule has 2 aromatic carbocycles. The maximum absolute atomic E-state index is 13.1. The monoisotopic (exact) mass is 474 g/mol. The summed E-state index contributed by atoms with van der Waals surface area (Å²) in [5, 5.41) is 14.9. The highest BCUT2D eigenvalue weighted by molar-refractivity contribution is 5.95. The van der Waals surface area contributed by atoms with Crippen LogP contribution in [0.3, 0.4) is 0 Å². The van der Waals surface area contributed by atoms with Gasteiger partial charge in [-0.2, -0.15) is 0 Å².